The Hall–Kier alpha value is -3.22. The molecule has 27 heavy (non-hydrogen) atoms. The predicted molar refractivity (Wildman–Crippen MR) is 96.1 cm³/mol. The minimum absolute atomic E-state index is 0.112. The normalized spacial score (nSPS) is 22.3. The third kappa shape index (κ3) is 2.50. The third-order valence-electron chi connectivity index (χ3n) is 5.52. The maximum atomic E-state index is 13.2. The van der Waals surface area contributed by atoms with Crippen molar-refractivity contribution in [1.82, 2.24) is 14.9 Å². The highest BCUT2D eigenvalue weighted by Gasteiger charge is 2.70. The number of amides is 1. The van der Waals surface area contributed by atoms with Gasteiger partial charge >= 0.3 is 0 Å². The molecule has 2 aromatic heterocycles. The molecule has 3 aromatic rings. The fraction of sp³-hybridized carbons (Fsp3) is 0.250. The molecule has 0 saturated heterocycles. The van der Waals surface area contributed by atoms with Gasteiger partial charge in [0, 0.05) is 11.7 Å². The van der Waals surface area contributed by atoms with Crippen LogP contribution in [0, 0.1) is 11.7 Å². The van der Waals surface area contributed by atoms with Gasteiger partial charge in [-0.3, -0.25) is 14.2 Å². The van der Waals surface area contributed by atoms with Crippen LogP contribution in [0.5, 0.6) is 5.75 Å². The molecule has 2 heterocycles. The second-order valence-corrected chi connectivity index (χ2v) is 7.33. The summed E-state index contributed by atoms with van der Waals surface area (Å²) in [6.07, 6.45) is 3.37. The van der Waals surface area contributed by atoms with E-state index in [4.69, 9.17) is 0 Å². The number of carbonyl (C=O) groups is 1. The van der Waals surface area contributed by atoms with Crippen molar-refractivity contribution in [2.24, 2.45) is 5.92 Å². The van der Waals surface area contributed by atoms with Crippen molar-refractivity contribution in [3.05, 3.63) is 69.9 Å². The van der Waals surface area contributed by atoms with Crippen LogP contribution in [-0.4, -0.2) is 26.1 Å². The largest absolute Gasteiger partial charge is 0.506 e. The number of fused-ring (bicyclic) bond motifs is 2. The Kier molecular flexibility index (Phi) is 3.19. The van der Waals surface area contributed by atoms with Crippen molar-refractivity contribution in [3.8, 4) is 5.75 Å². The van der Waals surface area contributed by atoms with E-state index >= 15 is 0 Å². The van der Waals surface area contributed by atoms with E-state index in [-0.39, 0.29) is 34.9 Å². The maximum Gasteiger partial charge on any atom is 0.269 e. The van der Waals surface area contributed by atoms with Gasteiger partial charge in [0.05, 0.1) is 11.9 Å². The first-order chi connectivity index (χ1) is 13.0. The van der Waals surface area contributed by atoms with Gasteiger partial charge in [-0.05, 0) is 48.6 Å². The number of aromatic hydroxyl groups is 1. The summed E-state index contributed by atoms with van der Waals surface area (Å²) in [6.45, 7) is 0.112. The van der Waals surface area contributed by atoms with Crippen LogP contribution >= 0.6 is 0 Å². The van der Waals surface area contributed by atoms with E-state index in [0.717, 1.165) is 12.8 Å². The van der Waals surface area contributed by atoms with Crippen LogP contribution in [0.3, 0.4) is 0 Å². The lowest BCUT2D eigenvalue weighted by Crippen LogP contribution is -2.37. The van der Waals surface area contributed by atoms with E-state index in [2.05, 4.69) is 10.3 Å². The number of nitrogens with zero attached hydrogens (tertiary/aromatic N) is 2. The quantitative estimate of drug-likeness (QED) is 0.742. The van der Waals surface area contributed by atoms with Crippen molar-refractivity contribution in [2.75, 3.05) is 0 Å². The number of aromatic nitrogens is 2. The Morgan fingerprint density at radius 1 is 1.30 bits per heavy atom. The third-order valence-corrected chi connectivity index (χ3v) is 5.52. The Morgan fingerprint density at radius 3 is 2.67 bits per heavy atom. The molecule has 2 aliphatic rings. The van der Waals surface area contributed by atoms with Crippen molar-refractivity contribution in [3.63, 3.8) is 0 Å². The smallest absolute Gasteiger partial charge is 0.269 e. The molecular formula is C20H16FN3O3. The van der Waals surface area contributed by atoms with Gasteiger partial charge in [0.15, 0.2) is 0 Å². The summed E-state index contributed by atoms with van der Waals surface area (Å²) in [6, 6.07) is 9.01. The number of rotatable bonds is 4. The molecular weight excluding hydrogens is 349 g/mol. The molecule has 7 heteroatoms. The van der Waals surface area contributed by atoms with Crippen LogP contribution in [0.2, 0.25) is 0 Å². The van der Waals surface area contributed by atoms with Gasteiger partial charge in [-0.2, -0.15) is 0 Å². The first-order valence-corrected chi connectivity index (χ1v) is 8.76. The van der Waals surface area contributed by atoms with Crippen LogP contribution in [-0.2, 0) is 6.54 Å². The van der Waals surface area contributed by atoms with E-state index in [1.807, 2.05) is 0 Å². The number of pyridine rings is 2. The summed E-state index contributed by atoms with van der Waals surface area (Å²) in [5, 5.41) is 13.8. The van der Waals surface area contributed by atoms with Gasteiger partial charge < -0.3 is 10.4 Å². The summed E-state index contributed by atoms with van der Waals surface area (Å²) < 4.78 is 14.5. The molecule has 2 fully saturated rings. The van der Waals surface area contributed by atoms with Gasteiger partial charge in [-0.25, -0.2) is 9.37 Å². The Bertz CT molecular complexity index is 1150. The summed E-state index contributed by atoms with van der Waals surface area (Å²) in [4.78, 5) is 30.0. The van der Waals surface area contributed by atoms with Crippen molar-refractivity contribution < 1.29 is 14.3 Å². The fourth-order valence-corrected chi connectivity index (χ4v) is 3.58. The summed E-state index contributed by atoms with van der Waals surface area (Å²) in [5.41, 5.74) is -0.0959. The number of benzene rings is 1. The zero-order valence-electron chi connectivity index (χ0n) is 14.3. The Labute approximate surface area is 153 Å². The van der Waals surface area contributed by atoms with Gasteiger partial charge in [-0.15, -0.1) is 0 Å². The lowest BCUT2D eigenvalue weighted by molar-refractivity contribution is 0.0938. The van der Waals surface area contributed by atoms with Crippen LogP contribution in [0.1, 0.15) is 28.8 Å². The summed E-state index contributed by atoms with van der Waals surface area (Å²) in [7, 11) is 0. The first kappa shape index (κ1) is 16.0. The molecule has 0 spiro atoms. The lowest BCUT2D eigenvalue weighted by Gasteiger charge is -2.15. The molecule has 2 saturated carbocycles. The van der Waals surface area contributed by atoms with Crippen LogP contribution < -0.4 is 10.9 Å². The molecule has 1 amide bonds. The topological polar surface area (TPSA) is 84.2 Å². The van der Waals surface area contributed by atoms with Crippen LogP contribution in [0.4, 0.5) is 4.39 Å². The number of hydrogen-bond donors (Lipinski definition) is 2. The average molecular weight is 365 g/mol. The molecule has 0 radical (unpaired) electrons. The molecule has 0 bridgehead atoms. The Balaban J connectivity index is 1.65. The maximum absolute atomic E-state index is 13.2. The number of nitrogens with one attached hydrogen (secondary N) is 1. The standard InChI is InChI=1S/C20H16FN3O3/c21-13-5-3-11(4-6-13)10-24-17-14(2-1-7-22-17)16(25)15(19(24)27)18(26)23-20-8-12(20)9-20/h1-7,12,25H,8-10H2,(H,23,26). The van der Waals surface area contributed by atoms with Crippen molar-refractivity contribution >= 4 is 16.9 Å². The van der Waals surface area contributed by atoms with E-state index in [9.17, 15) is 19.1 Å². The van der Waals surface area contributed by atoms with E-state index in [1.54, 1.807) is 24.3 Å². The highest BCUT2D eigenvalue weighted by molar-refractivity contribution is 6.02. The highest BCUT2D eigenvalue weighted by Crippen LogP contribution is 2.66. The lowest BCUT2D eigenvalue weighted by atomic mass is 10.1. The average Bonchev–Trinajstić information content (AvgIpc) is 3.50. The summed E-state index contributed by atoms with van der Waals surface area (Å²) in [5.74, 6) is -0.781. The molecule has 5 rings (SSSR count). The van der Waals surface area contributed by atoms with E-state index in [0.29, 0.717) is 16.9 Å². The molecule has 0 unspecified atom stereocenters. The second kappa shape index (κ2) is 5.39. The molecule has 0 atom stereocenters. The van der Waals surface area contributed by atoms with Crippen LogP contribution in [0.25, 0.3) is 11.0 Å². The number of hydrogen-bond acceptors (Lipinski definition) is 4. The molecule has 0 aliphatic heterocycles. The fourth-order valence-electron chi connectivity index (χ4n) is 3.58. The predicted octanol–water partition coefficient (Wildman–Crippen LogP) is 2.18. The SMILES string of the molecule is O=C(NC12CC1C2)c1c(O)c2cccnc2n(Cc2ccc(F)cc2)c1=O. The molecule has 136 valence electrons. The van der Waals surface area contributed by atoms with Crippen LogP contribution in [0.15, 0.2) is 47.4 Å². The molecule has 1 aromatic carbocycles. The Morgan fingerprint density at radius 2 is 2.00 bits per heavy atom. The second-order valence-electron chi connectivity index (χ2n) is 7.33. The van der Waals surface area contributed by atoms with E-state index in [1.165, 1.54) is 22.9 Å². The van der Waals surface area contributed by atoms with Gasteiger partial charge in [0.2, 0.25) is 0 Å². The zero-order valence-corrected chi connectivity index (χ0v) is 14.3. The zero-order chi connectivity index (χ0) is 18.8. The molecule has 6 nitrogen and oxygen atoms in total. The minimum atomic E-state index is -0.616. The first-order valence-electron chi connectivity index (χ1n) is 8.76. The molecule has 2 N–H and O–H groups in total. The monoisotopic (exact) mass is 365 g/mol. The summed E-state index contributed by atoms with van der Waals surface area (Å²) >= 11 is 0. The van der Waals surface area contributed by atoms with Gasteiger partial charge in [0.25, 0.3) is 11.5 Å². The molecule has 2 aliphatic carbocycles. The van der Waals surface area contributed by atoms with Crippen molar-refractivity contribution in [2.45, 2.75) is 24.9 Å². The number of halogens is 1. The highest BCUT2D eigenvalue weighted by atomic mass is 19.1. The van der Waals surface area contributed by atoms with Gasteiger partial charge in [-0.1, -0.05) is 12.1 Å². The number of carbonyl (C=O) groups excluding carboxylic acids is 1. The van der Waals surface area contributed by atoms with E-state index < -0.39 is 11.5 Å². The van der Waals surface area contributed by atoms with Crippen molar-refractivity contribution in [1.29, 1.82) is 0 Å². The van der Waals surface area contributed by atoms with Gasteiger partial charge in [0.1, 0.15) is 22.8 Å². The minimum Gasteiger partial charge on any atom is -0.506 e.